The molecule has 47 heavy (non-hydrogen) atoms. The van der Waals surface area contributed by atoms with Crippen LogP contribution in [0, 0.1) is 0 Å². The van der Waals surface area contributed by atoms with Gasteiger partial charge in [0.2, 0.25) is 0 Å². The van der Waals surface area contributed by atoms with Crippen LogP contribution in [0.15, 0.2) is 141 Å². The molecule has 9 aromatic rings. The van der Waals surface area contributed by atoms with E-state index >= 15 is 0 Å². The zero-order valence-corrected chi connectivity index (χ0v) is 24.7. The molecule has 0 fully saturated rings. The van der Waals surface area contributed by atoms with Crippen molar-refractivity contribution in [3.8, 4) is 11.5 Å². The molecule has 9 nitrogen and oxygen atoms in total. The number of ether oxygens (including phenoxy) is 1. The van der Waals surface area contributed by atoms with E-state index < -0.39 is 0 Å². The van der Waals surface area contributed by atoms with Gasteiger partial charge >= 0.3 is 0 Å². The van der Waals surface area contributed by atoms with Gasteiger partial charge in [-0.1, -0.05) is 103 Å². The molecule has 8 bridgehead atoms. The number of nitrogens with one attached hydrogen (secondary N) is 4. The maximum absolute atomic E-state index is 6.44. The van der Waals surface area contributed by atoms with Crippen LogP contribution in [0.3, 0.4) is 0 Å². The molecule has 1 aliphatic heterocycles. The van der Waals surface area contributed by atoms with Crippen LogP contribution in [-0.4, -0.2) is 19.9 Å². The molecule has 0 atom stereocenters. The normalized spacial score (nSPS) is 12.5. The predicted octanol–water partition coefficient (Wildman–Crippen LogP) is 7.52. The Morgan fingerprint density at radius 2 is 0.745 bits per heavy atom. The van der Waals surface area contributed by atoms with Crippen molar-refractivity contribution < 1.29 is 4.74 Å². The fourth-order valence-corrected chi connectivity index (χ4v) is 6.49. The summed E-state index contributed by atoms with van der Waals surface area (Å²) in [7, 11) is 0. The summed E-state index contributed by atoms with van der Waals surface area (Å²) in [5, 5.41) is 7.44. The van der Waals surface area contributed by atoms with Gasteiger partial charge in [-0.25, -0.2) is 20.0 Å². The second-order valence-electron chi connectivity index (χ2n) is 11.5. The smallest absolute Gasteiger partial charge is 0.145 e. The van der Waals surface area contributed by atoms with E-state index in [1.54, 1.807) is 0 Å². The molecular weight excluding hydrogens is 584 g/mol. The lowest BCUT2D eigenvalue weighted by Crippen LogP contribution is -2.10. The molecule has 1 aliphatic rings. The van der Waals surface area contributed by atoms with Crippen molar-refractivity contribution in [2.45, 2.75) is 0 Å². The quantitative estimate of drug-likeness (QED) is 0.159. The van der Waals surface area contributed by atoms with Crippen LogP contribution < -0.4 is 26.7 Å². The number of rotatable bonds is 2. The first-order valence-corrected chi connectivity index (χ1v) is 15.3. The first-order chi connectivity index (χ1) is 23.3. The third-order valence-corrected chi connectivity index (χ3v) is 8.64. The monoisotopic (exact) mass is 608 g/mol. The summed E-state index contributed by atoms with van der Waals surface area (Å²) in [6, 6.07) is 40.1. The molecule has 0 spiro atoms. The van der Waals surface area contributed by atoms with Crippen LogP contribution in [0.4, 0.5) is 23.3 Å². The van der Waals surface area contributed by atoms with Crippen molar-refractivity contribution in [3.05, 3.63) is 143 Å². The standard InChI is InChI=1S/C38H24N8O/c1-2-11-21(12-3-1)47-29-20-10-19-28-30(29)38-45-36-27-18-9-8-17-26(27)34(43-36)41-32-23-14-5-4-13-22(23)31(39-32)40-33-24-15-6-7-16-25(24)35(42-33)44-37(28)46-38/h1-20H,(H4,39,40,41,42,43,44,45,46). The third-order valence-electron chi connectivity index (χ3n) is 8.64. The van der Waals surface area contributed by atoms with Gasteiger partial charge in [-0.2, -0.15) is 0 Å². The number of hydrogen-bond acceptors (Lipinski definition) is 5. The summed E-state index contributed by atoms with van der Waals surface area (Å²) in [6.45, 7) is 0. The molecule has 0 saturated heterocycles. The summed E-state index contributed by atoms with van der Waals surface area (Å²) in [5.74, 6) is 4.08. The summed E-state index contributed by atoms with van der Waals surface area (Å²) in [4.78, 5) is 34.7. The molecule has 0 amide bonds. The van der Waals surface area contributed by atoms with Crippen LogP contribution in [0.1, 0.15) is 0 Å². The highest BCUT2D eigenvalue weighted by Crippen LogP contribution is 2.41. The van der Waals surface area contributed by atoms with Gasteiger partial charge in [-0.3, -0.25) is 0 Å². The second-order valence-corrected chi connectivity index (χ2v) is 11.5. The number of H-pyrrole nitrogens is 4. The molecule has 4 N–H and O–H groups in total. The Hall–Kier alpha value is -6.74. The van der Waals surface area contributed by atoms with E-state index in [0.29, 0.717) is 51.0 Å². The first-order valence-electron chi connectivity index (χ1n) is 15.3. The fourth-order valence-electron chi connectivity index (χ4n) is 6.49. The van der Waals surface area contributed by atoms with E-state index in [9.17, 15) is 0 Å². The summed E-state index contributed by atoms with van der Waals surface area (Å²) >= 11 is 0. The SMILES string of the molecule is c1ccc(Oc2cccc3c4[nH]c(c23)N=c2[nH]c(c3ccccc23)=Nc2[nH]c(c3ccccc23)N=c2[nH]c(c3ccccc23)=N4)cc1. The number of aromatic nitrogens is 4. The highest BCUT2D eigenvalue weighted by atomic mass is 16.5. The third kappa shape index (κ3) is 4.03. The molecular formula is C38H24N8O. The number of para-hydroxylation sites is 1. The summed E-state index contributed by atoms with van der Waals surface area (Å²) in [5.41, 5.74) is 2.75. The molecule has 5 aromatic carbocycles. The topological polar surface area (TPSA) is 122 Å². The van der Waals surface area contributed by atoms with Gasteiger partial charge in [0.15, 0.2) is 0 Å². The first kappa shape index (κ1) is 25.6. The molecule has 0 saturated carbocycles. The molecule has 4 aromatic heterocycles. The average molecular weight is 609 g/mol. The van der Waals surface area contributed by atoms with Gasteiger partial charge in [0.1, 0.15) is 56.7 Å². The predicted molar refractivity (Wildman–Crippen MR) is 183 cm³/mol. The van der Waals surface area contributed by atoms with Crippen molar-refractivity contribution in [2.75, 3.05) is 0 Å². The average Bonchev–Trinajstić information content (AvgIpc) is 3.85. The maximum atomic E-state index is 6.44. The molecule has 0 aliphatic carbocycles. The van der Waals surface area contributed by atoms with Gasteiger partial charge in [-0.05, 0) is 18.2 Å². The molecule has 5 heterocycles. The fraction of sp³-hybridized carbons (Fsp3) is 0. The molecule has 9 heteroatoms. The molecule has 222 valence electrons. The summed E-state index contributed by atoms with van der Waals surface area (Å²) in [6.07, 6.45) is 0. The van der Waals surface area contributed by atoms with E-state index in [4.69, 9.17) is 24.7 Å². The molecule has 0 radical (unpaired) electrons. The van der Waals surface area contributed by atoms with Crippen LogP contribution in [0.2, 0.25) is 0 Å². The number of aromatic amines is 4. The van der Waals surface area contributed by atoms with Crippen LogP contribution in [-0.2, 0) is 0 Å². The van der Waals surface area contributed by atoms with Crippen molar-refractivity contribution in [1.82, 2.24) is 19.9 Å². The van der Waals surface area contributed by atoms with E-state index in [1.807, 2.05) is 84.9 Å². The van der Waals surface area contributed by atoms with Gasteiger partial charge < -0.3 is 24.7 Å². The number of nitrogens with zero attached hydrogens (tertiary/aromatic N) is 4. The van der Waals surface area contributed by atoms with Crippen molar-refractivity contribution in [3.63, 3.8) is 0 Å². The van der Waals surface area contributed by atoms with Crippen molar-refractivity contribution in [1.29, 1.82) is 0 Å². The van der Waals surface area contributed by atoms with Gasteiger partial charge in [0, 0.05) is 37.7 Å². The van der Waals surface area contributed by atoms with Crippen molar-refractivity contribution in [2.24, 2.45) is 20.0 Å². The van der Waals surface area contributed by atoms with E-state index in [1.165, 1.54) is 0 Å². The number of hydrogen-bond donors (Lipinski definition) is 4. The zero-order valence-electron chi connectivity index (χ0n) is 24.7. The Morgan fingerprint density at radius 1 is 0.340 bits per heavy atom. The maximum Gasteiger partial charge on any atom is 0.145 e. The van der Waals surface area contributed by atoms with Gasteiger partial charge in [0.25, 0.3) is 0 Å². The van der Waals surface area contributed by atoms with Gasteiger partial charge in [0.05, 0.1) is 5.39 Å². The lowest BCUT2D eigenvalue weighted by Gasteiger charge is -2.07. The van der Waals surface area contributed by atoms with E-state index in [-0.39, 0.29) is 0 Å². The van der Waals surface area contributed by atoms with Crippen LogP contribution >= 0.6 is 0 Å². The lowest BCUT2D eigenvalue weighted by atomic mass is 10.2. The zero-order chi connectivity index (χ0) is 30.9. The second kappa shape index (κ2) is 9.88. The minimum Gasteiger partial charge on any atom is -0.457 e. The molecule has 0 unspecified atom stereocenters. The Labute approximate surface area is 265 Å². The highest BCUT2D eigenvalue weighted by molar-refractivity contribution is 6.04. The van der Waals surface area contributed by atoms with Crippen LogP contribution in [0.5, 0.6) is 11.5 Å². The molecule has 10 rings (SSSR count). The lowest BCUT2D eigenvalue weighted by molar-refractivity contribution is 0.488. The Kier molecular flexibility index (Phi) is 5.38. The largest absolute Gasteiger partial charge is 0.457 e. The minimum absolute atomic E-state index is 0.615. The summed E-state index contributed by atoms with van der Waals surface area (Å²) < 4.78 is 6.44. The van der Waals surface area contributed by atoms with Gasteiger partial charge in [-0.15, -0.1) is 0 Å². The highest BCUT2D eigenvalue weighted by Gasteiger charge is 2.17. The van der Waals surface area contributed by atoms with E-state index in [2.05, 4.69) is 56.3 Å². The van der Waals surface area contributed by atoms with Crippen molar-refractivity contribution >= 4 is 66.4 Å². The van der Waals surface area contributed by atoms with E-state index in [0.717, 1.165) is 48.8 Å². The number of benzene rings is 5. The Bertz CT molecular complexity index is 2940. The Morgan fingerprint density at radius 3 is 1.28 bits per heavy atom. The number of fused-ring (bicyclic) bond motifs is 20. The van der Waals surface area contributed by atoms with Crippen LogP contribution in [0.25, 0.3) is 43.1 Å². The Balaban J connectivity index is 1.37. The minimum atomic E-state index is 0.615.